The zero-order valence-electron chi connectivity index (χ0n) is 8.51. The number of nitrogens with zero attached hydrogens (tertiary/aromatic N) is 3. The lowest BCUT2D eigenvalue weighted by atomic mass is 10.2. The Bertz CT molecular complexity index is 625. The highest BCUT2D eigenvalue weighted by Gasteiger charge is 2.03. The minimum absolute atomic E-state index is 0.933. The van der Waals surface area contributed by atoms with E-state index in [0.717, 1.165) is 28.7 Å². The number of aryl methyl sites for hydroxylation is 1. The maximum atomic E-state index is 4.61. The van der Waals surface area contributed by atoms with Gasteiger partial charge in [0.1, 0.15) is 5.52 Å². The molecule has 0 amide bonds. The van der Waals surface area contributed by atoms with Gasteiger partial charge < -0.3 is 4.40 Å². The van der Waals surface area contributed by atoms with E-state index in [4.69, 9.17) is 0 Å². The van der Waals surface area contributed by atoms with Crippen LogP contribution in [0, 0.1) is 0 Å². The van der Waals surface area contributed by atoms with Crippen LogP contribution < -0.4 is 0 Å². The van der Waals surface area contributed by atoms with Crippen molar-refractivity contribution in [3.05, 3.63) is 42.5 Å². The van der Waals surface area contributed by atoms with Crippen LogP contribution in [0.15, 0.2) is 36.8 Å². The van der Waals surface area contributed by atoms with Crippen LogP contribution in [0.5, 0.6) is 0 Å². The average Bonchev–Trinajstić information content (AvgIpc) is 2.76. The van der Waals surface area contributed by atoms with E-state index < -0.39 is 0 Å². The van der Waals surface area contributed by atoms with Crippen LogP contribution in [0.3, 0.4) is 0 Å². The van der Waals surface area contributed by atoms with Gasteiger partial charge in [-0.3, -0.25) is 0 Å². The second-order valence-electron chi connectivity index (χ2n) is 3.57. The SMILES string of the molecule is CCc1ccc2ccn3ccnc3c2n1. The molecule has 15 heavy (non-hydrogen) atoms. The first-order valence-electron chi connectivity index (χ1n) is 5.10. The minimum atomic E-state index is 0.933. The average molecular weight is 197 g/mol. The molecular weight excluding hydrogens is 186 g/mol. The molecule has 3 rings (SSSR count). The first-order chi connectivity index (χ1) is 7.38. The number of hydrogen-bond donors (Lipinski definition) is 0. The Hall–Kier alpha value is -1.90. The molecule has 0 saturated carbocycles. The Morgan fingerprint density at radius 2 is 2.13 bits per heavy atom. The second-order valence-corrected chi connectivity index (χ2v) is 3.57. The van der Waals surface area contributed by atoms with Crippen molar-refractivity contribution >= 4 is 16.6 Å². The van der Waals surface area contributed by atoms with Gasteiger partial charge in [-0.2, -0.15) is 0 Å². The summed E-state index contributed by atoms with van der Waals surface area (Å²) in [5, 5.41) is 1.14. The standard InChI is InChI=1S/C12H11N3/c1-2-10-4-3-9-5-7-15-8-6-13-12(15)11(9)14-10/h3-8H,2H2,1H3. The molecule has 3 nitrogen and oxygen atoms in total. The Labute approximate surface area is 87.4 Å². The summed E-state index contributed by atoms with van der Waals surface area (Å²) in [7, 11) is 0. The molecule has 0 aliphatic rings. The lowest BCUT2D eigenvalue weighted by molar-refractivity contribution is 1.05. The quantitative estimate of drug-likeness (QED) is 0.599. The molecule has 0 bridgehead atoms. The third-order valence-electron chi connectivity index (χ3n) is 2.64. The maximum absolute atomic E-state index is 4.61. The predicted octanol–water partition coefficient (Wildman–Crippen LogP) is 2.44. The molecular formula is C12H11N3. The van der Waals surface area contributed by atoms with E-state index in [0.29, 0.717) is 0 Å². The van der Waals surface area contributed by atoms with Gasteiger partial charge in [-0.1, -0.05) is 13.0 Å². The number of fused-ring (bicyclic) bond motifs is 3. The summed E-state index contributed by atoms with van der Waals surface area (Å²) in [6, 6.07) is 6.24. The van der Waals surface area contributed by atoms with Gasteiger partial charge in [0, 0.05) is 29.7 Å². The number of rotatable bonds is 1. The molecule has 0 unspecified atom stereocenters. The Morgan fingerprint density at radius 1 is 1.20 bits per heavy atom. The maximum Gasteiger partial charge on any atom is 0.163 e. The topological polar surface area (TPSA) is 30.2 Å². The summed E-state index contributed by atoms with van der Waals surface area (Å²) in [5.74, 6) is 0. The molecule has 0 N–H and O–H groups in total. The summed E-state index contributed by atoms with van der Waals surface area (Å²) < 4.78 is 1.99. The fourth-order valence-electron chi connectivity index (χ4n) is 1.80. The number of aromatic nitrogens is 3. The predicted molar refractivity (Wildman–Crippen MR) is 59.9 cm³/mol. The van der Waals surface area contributed by atoms with Crippen LogP contribution in [0.1, 0.15) is 12.6 Å². The van der Waals surface area contributed by atoms with Gasteiger partial charge in [-0.15, -0.1) is 0 Å². The van der Waals surface area contributed by atoms with Crippen molar-refractivity contribution in [3.8, 4) is 0 Å². The van der Waals surface area contributed by atoms with Crippen molar-refractivity contribution in [1.82, 2.24) is 14.4 Å². The highest BCUT2D eigenvalue weighted by Crippen LogP contribution is 2.17. The van der Waals surface area contributed by atoms with Crippen LogP contribution in [0.2, 0.25) is 0 Å². The van der Waals surface area contributed by atoms with E-state index in [1.165, 1.54) is 0 Å². The molecule has 0 fully saturated rings. The van der Waals surface area contributed by atoms with Gasteiger partial charge in [0.15, 0.2) is 5.65 Å². The van der Waals surface area contributed by atoms with Crippen LogP contribution in [0.4, 0.5) is 0 Å². The molecule has 0 aliphatic carbocycles. The molecule has 3 aromatic heterocycles. The normalized spacial score (nSPS) is 11.3. The zero-order valence-corrected chi connectivity index (χ0v) is 8.51. The molecule has 74 valence electrons. The summed E-state index contributed by atoms with van der Waals surface area (Å²) >= 11 is 0. The molecule has 0 radical (unpaired) electrons. The summed E-state index contributed by atoms with van der Waals surface area (Å²) in [6.07, 6.45) is 6.71. The molecule has 0 aliphatic heterocycles. The number of pyridine rings is 2. The van der Waals surface area contributed by atoms with Crippen molar-refractivity contribution in [2.24, 2.45) is 0 Å². The third-order valence-corrected chi connectivity index (χ3v) is 2.64. The molecule has 0 saturated heterocycles. The highest BCUT2D eigenvalue weighted by atomic mass is 15.0. The summed E-state index contributed by atoms with van der Waals surface area (Å²) in [6.45, 7) is 2.11. The first kappa shape index (κ1) is 8.41. The molecule has 0 spiro atoms. The summed E-state index contributed by atoms with van der Waals surface area (Å²) in [5.41, 5.74) is 3.03. The zero-order chi connectivity index (χ0) is 10.3. The largest absolute Gasteiger partial charge is 0.305 e. The third kappa shape index (κ3) is 1.20. The summed E-state index contributed by atoms with van der Waals surface area (Å²) in [4.78, 5) is 8.93. The van der Waals surface area contributed by atoms with Gasteiger partial charge >= 0.3 is 0 Å². The molecule has 0 atom stereocenters. The fraction of sp³-hybridized carbons (Fsp3) is 0.167. The van der Waals surface area contributed by atoms with E-state index in [-0.39, 0.29) is 0 Å². The van der Waals surface area contributed by atoms with Gasteiger partial charge in [-0.05, 0) is 18.6 Å². The smallest absolute Gasteiger partial charge is 0.163 e. The van der Waals surface area contributed by atoms with Gasteiger partial charge in [0.2, 0.25) is 0 Å². The number of hydrogen-bond acceptors (Lipinski definition) is 2. The van der Waals surface area contributed by atoms with Crippen molar-refractivity contribution in [3.63, 3.8) is 0 Å². The van der Waals surface area contributed by atoms with Crippen molar-refractivity contribution in [2.75, 3.05) is 0 Å². The van der Waals surface area contributed by atoms with E-state index in [1.807, 2.05) is 16.8 Å². The van der Waals surface area contributed by atoms with Gasteiger partial charge in [-0.25, -0.2) is 9.97 Å². The Balaban J connectivity index is 2.48. The first-order valence-corrected chi connectivity index (χ1v) is 5.10. The monoisotopic (exact) mass is 197 g/mol. The lowest BCUT2D eigenvalue weighted by Crippen LogP contribution is -1.91. The fourth-order valence-corrected chi connectivity index (χ4v) is 1.80. The second kappa shape index (κ2) is 3.05. The van der Waals surface area contributed by atoms with Gasteiger partial charge in [0.25, 0.3) is 0 Å². The van der Waals surface area contributed by atoms with Crippen LogP contribution in [0.25, 0.3) is 16.6 Å². The van der Waals surface area contributed by atoms with Crippen molar-refractivity contribution in [1.29, 1.82) is 0 Å². The highest BCUT2D eigenvalue weighted by molar-refractivity contribution is 5.90. The number of imidazole rings is 1. The van der Waals surface area contributed by atoms with Crippen LogP contribution in [-0.2, 0) is 6.42 Å². The van der Waals surface area contributed by atoms with Crippen LogP contribution in [-0.4, -0.2) is 14.4 Å². The molecule has 0 aromatic carbocycles. The Kier molecular flexibility index (Phi) is 1.71. The van der Waals surface area contributed by atoms with Gasteiger partial charge in [0.05, 0.1) is 0 Å². The molecule has 3 aromatic rings. The molecule has 3 heteroatoms. The van der Waals surface area contributed by atoms with Crippen molar-refractivity contribution < 1.29 is 0 Å². The van der Waals surface area contributed by atoms with Crippen LogP contribution >= 0.6 is 0 Å². The van der Waals surface area contributed by atoms with E-state index in [2.05, 4.69) is 35.1 Å². The lowest BCUT2D eigenvalue weighted by Gasteiger charge is -2.02. The minimum Gasteiger partial charge on any atom is -0.305 e. The molecule has 3 heterocycles. The van der Waals surface area contributed by atoms with E-state index in [9.17, 15) is 0 Å². The Morgan fingerprint density at radius 3 is 3.00 bits per heavy atom. The van der Waals surface area contributed by atoms with E-state index >= 15 is 0 Å². The van der Waals surface area contributed by atoms with E-state index in [1.54, 1.807) is 6.20 Å². The van der Waals surface area contributed by atoms with Crippen molar-refractivity contribution in [2.45, 2.75) is 13.3 Å².